The molecule has 2 amide bonds. The van der Waals surface area contributed by atoms with Gasteiger partial charge in [0.1, 0.15) is 0 Å². The van der Waals surface area contributed by atoms with Crippen molar-refractivity contribution in [2.24, 2.45) is 11.5 Å². The Balaban J connectivity index is 2.70. The summed E-state index contributed by atoms with van der Waals surface area (Å²) in [5.74, 6) is -1.16. The second-order valence-electron chi connectivity index (χ2n) is 4.81. The minimum Gasteiger partial charge on any atom is -0.366 e. The van der Waals surface area contributed by atoms with E-state index in [0.717, 1.165) is 16.7 Å². The molecule has 4 N–H and O–H groups in total. The summed E-state index contributed by atoms with van der Waals surface area (Å²) in [6.07, 6.45) is 0. The summed E-state index contributed by atoms with van der Waals surface area (Å²) < 4.78 is 0. The molecule has 0 aliphatic carbocycles. The fourth-order valence-corrected chi connectivity index (χ4v) is 2.16. The largest absolute Gasteiger partial charge is 0.366 e. The number of carbonyl (C=O) groups excluding carboxylic acids is 2. The minimum atomic E-state index is -0.583. The van der Waals surface area contributed by atoms with E-state index in [1.54, 1.807) is 12.1 Å². The Labute approximate surface area is 117 Å². The predicted octanol–water partition coefficient (Wildman–Crippen LogP) is 2.17. The van der Waals surface area contributed by atoms with Crippen molar-refractivity contribution < 1.29 is 9.59 Å². The topological polar surface area (TPSA) is 86.2 Å². The second kappa shape index (κ2) is 5.17. The number of rotatable bonds is 3. The Hall–Kier alpha value is -2.62. The molecule has 0 unspecified atom stereocenters. The zero-order valence-electron chi connectivity index (χ0n) is 11.4. The van der Waals surface area contributed by atoms with Crippen LogP contribution in [0.4, 0.5) is 0 Å². The highest BCUT2D eigenvalue weighted by atomic mass is 16.1. The SMILES string of the molecule is Cc1ccc(C)c(-c2ccc(C(N)=O)cc2C(N)=O)c1. The van der Waals surface area contributed by atoms with Gasteiger partial charge in [-0.2, -0.15) is 0 Å². The van der Waals surface area contributed by atoms with Gasteiger partial charge in [0.05, 0.1) is 0 Å². The van der Waals surface area contributed by atoms with Crippen LogP contribution in [0.3, 0.4) is 0 Å². The third kappa shape index (κ3) is 2.54. The molecule has 0 fully saturated rings. The molecule has 20 heavy (non-hydrogen) atoms. The van der Waals surface area contributed by atoms with E-state index in [1.165, 1.54) is 6.07 Å². The van der Waals surface area contributed by atoms with Crippen LogP contribution in [-0.2, 0) is 0 Å². The Bertz CT molecular complexity index is 706. The van der Waals surface area contributed by atoms with Gasteiger partial charge in [0.15, 0.2) is 0 Å². The van der Waals surface area contributed by atoms with E-state index in [1.807, 2.05) is 32.0 Å². The van der Waals surface area contributed by atoms with E-state index in [4.69, 9.17) is 11.5 Å². The fourth-order valence-electron chi connectivity index (χ4n) is 2.16. The summed E-state index contributed by atoms with van der Waals surface area (Å²) in [5.41, 5.74) is 15.0. The lowest BCUT2D eigenvalue weighted by Gasteiger charge is -2.12. The van der Waals surface area contributed by atoms with E-state index >= 15 is 0 Å². The normalized spacial score (nSPS) is 10.3. The number of hydrogen-bond donors (Lipinski definition) is 2. The number of nitrogens with two attached hydrogens (primary N) is 2. The van der Waals surface area contributed by atoms with Crippen LogP contribution < -0.4 is 11.5 Å². The summed E-state index contributed by atoms with van der Waals surface area (Å²) in [5, 5.41) is 0. The zero-order valence-corrected chi connectivity index (χ0v) is 11.4. The molecule has 0 aliphatic rings. The van der Waals surface area contributed by atoms with Crippen molar-refractivity contribution in [1.82, 2.24) is 0 Å². The van der Waals surface area contributed by atoms with Crippen LogP contribution >= 0.6 is 0 Å². The maximum atomic E-state index is 11.6. The monoisotopic (exact) mass is 268 g/mol. The van der Waals surface area contributed by atoms with Crippen LogP contribution in [0.5, 0.6) is 0 Å². The number of amides is 2. The van der Waals surface area contributed by atoms with Crippen LogP contribution in [0, 0.1) is 13.8 Å². The highest BCUT2D eigenvalue weighted by Gasteiger charge is 2.14. The average Bonchev–Trinajstić information content (AvgIpc) is 2.40. The Morgan fingerprint density at radius 3 is 2.15 bits per heavy atom. The molecule has 2 aromatic rings. The molecule has 102 valence electrons. The smallest absolute Gasteiger partial charge is 0.249 e. The van der Waals surface area contributed by atoms with Gasteiger partial charge in [-0.3, -0.25) is 9.59 Å². The van der Waals surface area contributed by atoms with E-state index in [-0.39, 0.29) is 5.56 Å². The molecular formula is C16H16N2O2. The first-order valence-electron chi connectivity index (χ1n) is 6.21. The average molecular weight is 268 g/mol. The van der Waals surface area contributed by atoms with Gasteiger partial charge in [0.2, 0.25) is 11.8 Å². The van der Waals surface area contributed by atoms with Crippen LogP contribution in [0.1, 0.15) is 31.8 Å². The van der Waals surface area contributed by atoms with Gasteiger partial charge in [-0.1, -0.05) is 29.8 Å². The van der Waals surface area contributed by atoms with Gasteiger partial charge in [-0.25, -0.2) is 0 Å². The van der Waals surface area contributed by atoms with Crippen molar-refractivity contribution in [2.45, 2.75) is 13.8 Å². The molecule has 0 heterocycles. The summed E-state index contributed by atoms with van der Waals surface area (Å²) in [6.45, 7) is 3.94. The summed E-state index contributed by atoms with van der Waals surface area (Å²) >= 11 is 0. The van der Waals surface area contributed by atoms with Gasteiger partial charge >= 0.3 is 0 Å². The molecular weight excluding hydrogens is 252 g/mol. The van der Waals surface area contributed by atoms with Crippen molar-refractivity contribution in [3.63, 3.8) is 0 Å². The third-order valence-electron chi connectivity index (χ3n) is 3.25. The fraction of sp³-hybridized carbons (Fsp3) is 0.125. The van der Waals surface area contributed by atoms with Crippen LogP contribution in [0.15, 0.2) is 36.4 Å². The van der Waals surface area contributed by atoms with E-state index in [0.29, 0.717) is 11.1 Å². The minimum absolute atomic E-state index is 0.271. The number of hydrogen-bond acceptors (Lipinski definition) is 2. The van der Waals surface area contributed by atoms with Crippen LogP contribution in [-0.4, -0.2) is 11.8 Å². The lowest BCUT2D eigenvalue weighted by Crippen LogP contribution is -2.16. The van der Waals surface area contributed by atoms with E-state index in [2.05, 4.69) is 0 Å². The predicted molar refractivity (Wildman–Crippen MR) is 78.4 cm³/mol. The summed E-state index contributed by atoms with van der Waals surface area (Å²) in [7, 11) is 0. The molecule has 0 atom stereocenters. The summed E-state index contributed by atoms with van der Waals surface area (Å²) in [4.78, 5) is 22.9. The van der Waals surface area contributed by atoms with Gasteiger partial charge in [0.25, 0.3) is 0 Å². The molecule has 4 nitrogen and oxygen atoms in total. The number of benzene rings is 2. The first kappa shape index (κ1) is 13.8. The molecule has 0 bridgehead atoms. The van der Waals surface area contributed by atoms with Gasteiger partial charge in [0, 0.05) is 11.1 Å². The second-order valence-corrected chi connectivity index (χ2v) is 4.81. The maximum Gasteiger partial charge on any atom is 0.249 e. The standard InChI is InChI=1S/C16H16N2O2/c1-9-3-4-10(2)13(7-9)12-6-5-11(15(17)19)8-14(12)16(18)20/h3-8H,1-2H3,(H2,17,19)(H2,18,20). The molecule has 0 saturated carbocycles. The first-order chi connectivity index (χ1) is 9.40. The van der Waals surface area contributed by atoms with Gasteiger partial charge < -0.3 is 11.5 Å². The van der Waals surface area contributed by atoms with Crippen molar-refractivity contribution in [1.29, 1.82) is 0 Å². The lowest BCUT2D eigenvalue weighted by atomic mass is 9.93. The van der Waals surface area contributed by atoms with Crippen LogP contribution in [0.2, 0.25) is 0 Å². The van der Waals surface area contributed by atoms with Gasteiger partial charge in [-0.15, -0.1) is 0 Å². The quantitative estimate of drug-likeness (QED) is 0.893. The number of primary amides is 2. The zero-order chi connectivity index (χ0) is 14.9. The Morgan fingerprint density at radius 1 is 0.850 bits per heavy atom. The molecule has 2 rings (SSSR count). The van der Waals surface area contributed by atoms with Crippen molar-refractivity contribution in [3.8, 4) is 11.1 Å². The Morgan fingerprint density at radius 2 is 1.55 bits per heavy atom. The molecule has 0 radical (unpaired) electrons. The lowest BCUT2D eigenvalue weighted by molar-refractivity contribution is 0.0999. The van der Waals surface area contributed by atoms with Crippen LogP contribution in [0.25, 0.3) is 11.1 Å². The molecule has 0 aromatic heterocycles. The Kier molecular flexibility index (Phi) is 3.57. The highest BCUT2D eigenvalue weighted by Crippen LogP contribution is 2.28. The third-order valence-corrected chi connectivity index (χ3v) is 3.25. The maximum absolute atomic E-state index is 11.6. The van der Waals surface area contributed by atoms with Gasteiger partial charge in [-0.05, 0) is 42.7 Å². The molecule has 0 aliphatic heterocycles. The molecule has 0 spiro atoms. The number of carbonyl (C=O) groups is 2. The van der Waals surface area contributed by atoms with E-state index < -0.39 is 11.8 Å². The van der Waals surface area contributed by atoms with E-state index in [9.17, 15) is 9.59 Å². The highest BCUT2D eigenvalue weighted by molar-refractivity contribution is 6.03. The molecule has 2 aromatic carbocycles. The molecule has 4 heteroatoms. The number of aryl methyl sites for hydroxylation is 2. The van der Waals surface area contributed by atoms with Crippen molar-refractivity contribution in [3.05, 3.63) is 58.7 Å². The van der Waals surface area contributed by atoms with Crippen molar-refractivity contribution >= 4 is 11.8 Å². The first-order valence-corrected chi connectivity index (χ1v) is 6.21. The van der Waals surface area contributed by atoms with Crippen molar-refractivity contribution in [2.75, 3.05) is 0 Å². The summed E-state index contributed by atoms with van der Waals surface area (Å²) in [6, 6.07) is 10.7. The molecule has 0 saturated heterocycles.